The van der Waals surface area contributed by atoms with Gasteiger partial charge >= 0.3 is 0 Å². The van der Waals surface area contributed by atoms with Crippen LogP contribution in [0.4, 0.5) is 8.78 Å². The summed E-state index contributed by atoms with van der Waals surface area (Å²) in [5, 5.41) is 12.6. The lowest BCUT2D eigenvalue weighted by atomic mass is 9.84. The third-order valence-electron chi connectivity index (χ3n) is 5.13. The van der Waals surface area contributed by atoms with Crippen LogP contribution in [-0.2, 0) is 4.79 Å². The summed E-state index contributed by atoms with van der Waals surface area (Å²) >= 11 is 0. The summed E-state index contributed by atoms with van der Waals surface area (Å²) in [6.07, 6.45) is 2.21. The summed E-state index contributed by atoms with van der Waals surface area (Å²) in [5.41, 5.74) is 6.12. The first-order chi connectivity index (χ1) is 11.5. The second-order valence-corrected chi connectivity index (χ2v) is 6.72. The molecule has 5 unspecified atom stereocenters. The number of amides is 1. The number of benzene rings is 1. The first kappa shape index (κ1) is 19.9. The van der Waals surface area contributed by atoms with Crippen molar-refractivity contribution in [3.8, 4) is 5.75 Å². The van der Waals surface area contributed by atoms with Crippen LogP contribution in [0.3, 0.4) is 0 Å². The lowest BCUT2D eigenvalue weighted by molar-refractivity contribution is -0.127. The Balaban J connectivity index is 0.00000225. The van der Waals surface area contributed by atoms with Crippen molar-refractivity contribution in [2.24, 2.45) is 23.5 Å². The van der Waals surface area contributed by atoms with Gasteiger partial charge in [-0.25, -0.2) is 8.78 Å². The van der Waals surface area contributed by atoms with Crippen molar-refractivity contribution >= 4 is 18.3 Å². The van der Waals surface area contributed by atoms with Gasteiger partial charge in [-0.05, 0) is 43.2 Å². The van der Waals surface area contributed by atoms with Crippen molar-refractivity contribution in [1.29, 1.82) is 0 Å². The van der Waals surface area contributed by atoms with Crippen molar-refractivity contribution in [3.63, 3.8) is 0 Å². The average Bonchev–Trinajstić information content (AvgIpc) is 3.14. The summed E-state index contributed by atoms with van der Waals surface area (Å²) in [5.74, 6) is -1.37. The zero-order valence-electron chi connectivity index (χ0n) is 13.7. The fraction of sp³-hybridized carbons (Fsp3) is 0.588. The molecule has 8 heteroatoms. The highest BCUT2D eigenvalue weighted by Crippen LogP contribution is 2.47. The zero-order chi connectivity index (χ0) is 17.3. The molecule has 0 aromatic heterocycles. The Morgan fingerprint density at radius 3 is 2.68 bits per heavy atom. The molecule has 5 nitrogen and oxygen atoms in total. The van der Waals surface area contributed by atoms with Crippen LogP contribution in [0.5, 0.6) is 5.75 Å². The third kappa shape index (κ3) is 4.40. The van der Waals surface area contributed by atoms with E-state index >= 15 is 0 Å². The van der Waals surface area contributed by atoms with Crippen molar-refractivity contribution in [2.45, 2.75) is 31.4 Å². The average molecular weight is 377 g/mol. The van der Waals surface area contributed by atoms with E-state index in [1.807, 2.05) is 0 Å². The molecule has 2 aliphatic carbocycles. The summed E-state index contributed by atoms with van der Waals surface area (Å²) in [7, 11) is 0. The normalized spacial score (nSPS) is 28.3. The molecule has 2 fully saturated rings. The van der Waals surface area contributed by atoms with Gasteiger partial charge in [0, 0.05) is 18.7 Å². The second kappa shape index (κ2) is 8.29. The van der Waals surface area contributed by atoms with Gasteiger partial charge in [0.2, 0.25) is 5.91 Å². The second-order valence-electron chi connectivity index (χ2n) is 6.72. The number of ether oxygens (including phenoxy) is 1. The third-order valence-corrected chi connectivity index (χ3v) is 5.13. The van der Waals surface area contributed by atoms with E-state index in [1.54, 1.807) is 0 Å². The summed E-state index contributed by atoms with van der Waals surface area (Å²) in [6.45, 7) is -0.1000. The van der Waals surface area contributed by atoms with Crippen molar-refractivity contribution in [3.05, 3.63) is 29.8 Å². The van der Waals surface area contributed by atoms with E-state index in [0.717, 1.165) is 31.4 Å². The summed E-state index contributed by atoms with van der Waals surface area (Å²) in [4.78, 5) is 12.3. The molecule has 0 saturated heterocycles. The predicted octanol–water partition coefficient (Wildman–Crippen LogP) is 1.62. The number of carbonyl (C=O) groups is 1. The van der Waals surface area contributed by atoms with Gasteiger partial charge in [-0.2, -0.15) is 0 Å². The SMILES string of the molecule is Cl.NC1C2CCC(C2)C1C(=O)NCC(O)COc1ccc(F)c(F)c1. The van der Waals surface area contributed by atoms with Gasteiger partial charge in [-0.3, -0.25) is 4.79 Å². The number of hydrogen-bond acceptors (Lipinski definition) is 4. The van der Waals surface area contributed by atoms with E-state index < -0.39 is 17.7 Å². The van der Waals surface area contributed by atoms with E-state index in [9.17, 15) is 18.7 Å². The van der Waals surface area contributed by atoms with Crippen LogP contribution in [0.1, 0.15) is 19.3 Å². The van der Waals surface area contributed by atoms with Crippen molar-refractivity contribution in [1.82, 2.24) is 5.32 Å². The van der Waals surface area contributed by atoms with Crippen LogP contribution in [0.25, 0.3) is 0 Å². The van der Waals surface area contributed by atoms with E-state index in [1.165, 1.54) is 6.07 Å². The van der Waals surface area contributed by atoms with Gasteiger partial charge in [-0.15, -0.1) is 12.4 Å². The molecule has 3 rings (SSSR count). The molecule has 1 amide bonds. The summed E-state index contributed by atoms with van der Waals surface area (Å²) < 4.78 is 31.1. The Kier molecular flexibility index (Phi) is 6.59. The number of hydrogen-bond donors (Lipinski definition) is 3. The van der Waals surface area contributed by atoms with Gasteiger partial charge in [0.25, 0.3) is 0 Å². The largest absolute Gasteiger partial charge is 0.491 e. The molecule has 5 atom stereocenters. The number of rotatable bonds is 6. The molecule has 1 aromatic carbocycles. The van der Waals surface area contributed by atoms with Crippen LogP contribution in [0, 0.1) is 29.4 Å². The molecule has 25 heavy (non-hydrogen) atoms. The minimum Gasteiger partial charge on any atom is -0.491 e. The highest BCUT2D eigenvalue weighted by molar-refractivity contribution is 5.85. The molecule has 0 aliphatic heterocycles. The van der Waals surface area contributed by atoms with Crippen LogP contribution in [0.2, 0.25) is 0 Å². The number of halogens is 3. The van der Waals surface area contributed by atoms with Gasteiger partial charge in [0.1, 0.15) is 18.5 Å². The highest BCUT2D eigenvalue weighted by Gasteiger charge is 2.48. The molecule has 1 aromatic rings. The van der Waals surface area contributed by atoms with Crippen molar-refractivity contribution in [2.75, 3.05) is 13.2 Å². The first-order valence-corrected chi connectivity index (χ1v) is 8.25. The Labute approximate surface area is 151 Å². The Hall–Kier alpha value is -1.44. The maximum Gasteiger partial charge on any atom is 0.225 e. The Morgan fingerprint density at radius 2 is 2.04 bits per heavy atom. The quantitative estimate of drug-likeness (QED) is 0.704. The number of fused-ring (bicyclic) bond motifs is 2. The van der Waals surface area contributed by atoms with Crippen LogP contribution in [0.15, 0.2) is 18.2 Å². The highest BCUT2D eigenvalue weighted by atomic mass is 35.5. The predicted molar refractivity (Wildman–Crippen MR) is 90.4 cm³/mol. The molecular formula is C17H23ClF2N2O3. The molecule has 2 bridgehead atoms. The molecule has 2 aliphatic rings. The lowest BCUT2D eigenvalue weighted by Gasteiger charge is -2.27. The fourth-order valence-electron chi connectivity index (χ4n) is 3.88. The minimum atomic E-state index is -1.01. The van der Waals surface area contributed by atoms with Gasteiger partial charge in [0.05, 0.1) is 5.92 Å². The maximum atomic E-state index is 13.1. The van der Waals surface area contributed by atoms with Crippen LogP contribution < -0.4 is 15.8 Å². The van der Waals surface area contributed by atoms with Gasteiger partial charge in [0.15, 0.2) is 11.6 Å². The molecule has 4 N–H and O–H groups in total. The zero-order valence-corrected chi connectivity index (χ0v) is 14.5. The standard InChI is InChI=1S/C17H22F2N2O3.ClH/c18-13-4-3-12(6-14(13)19)24-8-11(22)7-21-17(23)15-9-1-2-10(5-9)16(15)20;/h3-4,6,9-11,15-16,22H,1-2,5,7-8,20H2,(H,21,23);1H. The van der Waals surface area contributed by atoms with Crippen molar-refractivity contribution < 1.29 is 23.4 Å². The number of nitrogens with one attached hydrogen (secondary N) is 1. The molecule has 0 radical (unpaired) electrons. The Morgan fingerprint density at radius 1 is 1.32 bits per heavy atom. The summed E-state index contributed by atoms with van der Waals surface area (Å²) in [6, 6.07) is 3.04. The molecule has 2 saturated carbocycles. The van der Waals surface area contributed by atoms with Gasteiger partial charge in [-0.1, -0.05) is 0 Å². The van der Waals surface area contributed by atoms with E-state index in [0.29, 0.717) is 11.8 Å². The van der Waals surface area contributed by atoms with Crippen LogP contribution >= 0.6 is 12.4 Å². The molecule has 0 spiro atoms. The van der Waals surface area contributed by atoms with E-state index in [2.05, 4.69) is 5.32 Å². The monoisotopic (exact) mass is 376 g/mol. The number of nitrogens with two attached hydrogens (primary N) is 1. The molecular weight excluding hydrogens is 354 g/mol. The number of aliphatic hydroxyl groups is 1. The molecule has 140 valence electrons. The maximum absolute atomic E-state index is 13.1. The first-order valence-electron chi connectivity index (χ1n) is 8.25. The van der Waals surface area contributed by atoms with Gasteiger partial charge < -0.3 is 20.9 Å². The van der Waals surface area contributed by atoms with E-state index in [4.69, 9.17) is 10.5 Å². The molecule has 0 heterocycles. The minimum absolute atomic E-state index is 0. The Bertz CT molecular complexity index is 618. The smallest absolute Gasteiger partial charge is 0.225 e. The fourth-order valence-corrected chi connectivity index (χ4v) is 3.88. The topological polar surface area (TPSA) is 84.6 Å². The number of aliphatic hydroxyl groups excluding tert-OH is 1. The van der Waals surface area contributed by atoms with Crippen LogP contribution in [-0.4, -0.2) is 36.3 Å². The van der Waals surface area contributed by atoms with E-state index in [-0.39, 0.29) is 49.2 Å². The lowest BCUT2D eigenvalue weighted by Crippen LogP contribution is -2.47. The number of carbonyl (C=O) groups excluding carboxylic acids is 1.